The zero-order valence-electron chi connectivity index (χ0n) is 16.9. The fourth-order valence-electron chi connectivity index (χ4n) is 3.42. The number of nitrogens with two attached hydrogens (primary N) is 2. The fraction of sp³-hybridized carbons (Fsp3) is 0.273. The molecule has 29 heavy (non-hydrogen) atoms. The van der Waals surface area contributed by atoms with Crippen molar-refractivity contribution in [3.8, 4) is 11.5 Å². The maximum absolute atomic E-state index is 11.8. The van der Waals surface area contributed by atoms with Crippen molar-refractivity contribution >= 4 is 22.5 Å². The molecule has 3 rings (SSSR count). The van der Waals surface area contributed by atoms with Gasteiger partial charge in [-0.25, -0.2) is 0 Å². The highest BCUT2D eigenvalue weighted by atomic mass is 16.5. The first-order valence-corrected chi connectivity index (χ1v) is 9.42. The second-order valence-electron chi connectivity index (χ2n) is 6.63. The zero-order valence-corrected chi connectivity index (χ0v) is 16.9. The summed E-state index contributed by atoms with van der Waals surface area (Å²) in [5.41, 5.74) is 15.5. The van der Waals surface area contributed by atoms with E-state index in [1.807, 2.05) is 30.3 Å². The van der Waals surface area contributed by atoms with E-state index < -0.39 is 5.91 Å². The minimum absolute atomic E-state index is 0.178. The topological polar surface area (TPSA) is 112 Å². The van der Waals surface area contributed by atoms with Gasteiger partial charge in [0.05, 0.1) is 31.3 Å². The quantitative estimate of drug-likeness (QED) is 0.541. The zero-order chi connectivity index (χ0) is 21.0. The number of carbonyl (C=O) groups excluding carboxylic acids is 1. The molecule has 1 amide bonds. The Labute approximate surface area is 170 Å². The third-order valence-electron chi connectivity index (χ3n) is 4.99. The summed E-state index contributed by atoms with van der Waals surface area (Å²) in [5, 5.41) is 4.38. The summed E-state index contributed by atoms with van der Waals surface area (Å²) in [6, 6.07) is 11.0. The van der Waals surface area contributed by atoms with Crippen LogP contribution in [-0.2, 0) is 6.42 Å². The Morgan fingerprint density at radius 2 is 1.93 bits per heavy atom. The first-order valence-electron chi connectivity index (χ1n) is 9.42. The number of pyridine rings is 1. The predicted octanol–water partition coefficient (Wildman–Crippen LogP) is 3.03. The molecule has 0 spiro atoms. The number of hydrogen-bond acceptors (Lipinski definition) is 6. The summed E-state index contributed by atoms with van der Waals surface area (Å²) in [7, 11) is 3.20. The Morgan fingerprint density at radius 1 is 1.17 bits per heavy atom. The van der Waals surface area contributed by atoms with Crippen LogP contribution in [0.3, 0.4) is 0 Å². The molecule has 0 fully saturated rings. The number of amides is 1. The number of anilines is 1. The molecular weight excluding hydrogens is 368 g/mol. The standard InChI is InChI=1S/C22H26N4O3/c1-4-13-12-25-21-15(6-5-7-16(21)22(24)27)20(13)26-17(11-23)14-8-9-18(28-2)19(10-14)29-3/h5-10,12,17H,4,11,23H2,1-3H3,(H2,24,27)(H,25,26)/t17-/m1/s1. The third-order valence-corrected chi connectivity index (χ3v) is 4.99. The van der Waals surface area contributed by atoms with Gasteiger partial charge < -0.3 is 26.3 Å². The maximum atomic E-state index is 11.8. The predicted molar refractivity (Wildman–Crippen MR) is 115 cm³/mol. The normalized spacial score (nSPS) is 11.9. The van der Waals surface area contributed by atoms with E-state index >= 15 is 0 Å². The van der Waals surface area contributed by atoms with E-state index in [9.17, 15) is 4.79 Å². The Balaban J connectivity index is 2.10. The van der Waals surface area contributed by atoms with Crippen LogP contribution in [0.2, 0.25) is 0 Å². The van der Waals surface area contributed by atoms with E-state index in [1.54, 1.807) is 26.5 Å². The molecule has 0 saturated carbocycles. The molecule has 0 aliphatic heterocycles. The molecule has 7 nitrogen and oxygen atoms in total. The highest BCUT2D eigenvalue weighted by Gasteiger charge is 2.18. The van der Waals surface area contributed by atoms with Crippen molar-refractivity contribution < 1.29 is 14.3 Å². The number of methoxy groups -OCH3 is 2. The molecule has 2 aromatic carbocycles. The monoisotopic (exact) mass is 394 g/mol. The lowest BCUT2D eigenvalue weighted by Crippen LogP contribution is -2.22. The van der Waals surface area contributed by atoms with Gasteiger partial charge in [0.1, 0.15) is 0 Å². The van der Waals surface area contributed by atoms with Crippen LogP contribution in [0.4, 0.5) is 5.69 Å². The number of ether oxygens (including phenoxy) is 2. The van der Waals surface area contributed by atoms with Gasteiger partial charge in [0.15, 0.2) is 11.5 Å². The molecule has 152 valence electrons. The van der Waals surface area contributed by atoms with Crippen molar-refractivity contribution in [2.45, 2.75) is 19.4 Å². The van der Waals surface area contributed by atoms with Crippen molar-refractivity contribution in [2.75, 3.05) is 26.1 Å². The molecule has 0 aliphatic carbocycles. The molecule has 0 unspecified atom stereocenters. The van der Waals surface area contributed by atoms with Gasteiger partial charge in [0.25, 0.3) is 5.91 Å². The third kappa shape index (κ3) is 3.95. The minimum Gasteiger partial charge on any atom is -0.493 e. The van der Waals surface area contributed by atoms with Gasteiger partial charge in [-0.2, -0.15) is 0 Å². The van der Waals surface area contributed by atoms with Gasteiger partial charge in [-0.15, -0.1) is 0 Å². The van der Waals surface area contributed by atoms with E-state index in [0.29, 0.717) is 29.1 Å². The average Bonchev–Trinajstić information content (AvgIpc) is 2.76. The summed E-state index contributed by atoms with van der Waals surface area (Å²) in [6.07, 6.45) is 2.55. The number of hydrogen-bond donors (Lipinski definition) is 3. The SMILES string of the molecule is CCc1cnc2c(C(N)=O)cccc2c1N[C@H](CN)c1ccc(OC)c(OC)c1. The highest BCUT2D eigenvalue weighted by Crippen LogP contribution is 2.34. The van der Waals surface area contributed by atoms with Crippen LogP contribution in [0.1, 0.15) is 34.5 Å². The van der Waals surface area contributed by atoms with Gasteiger partial charge in [0.2, 0.25) is 0 Å². The van der Waals surface area contributed by atoms with E-state index in [-0.39, 0.29) is 6.04 Å². The van der Waals surface area contributed by atoms with Crippen LogP contribution in [0.25, 0.3) is 10.9 Å². The molecule has 1 atom stereocenters. The van der Waals surface area contributed by atoms with Gasteiger partial charge in [-0.1, -0.05) is 25.1 Å². The van der Waals surface area contributed by atoms with Gasteiger partial charge >= 0.3 is 0 Å². The van der Waals surface area contributed by atoms with Crippen molar-refractivity contribution in [1.82, 2.24) is 4.98 Å². The van der Waals surface area contributed by atoms with E-state index in [1.165, 1.54) is 0 Å². The first kappa shape index (κ1) is 20.4. The van der Waals surface area contributed by atoms with Crippen molar-refractivity contribution in [3.63, 3.8) is 0 Å². The van der Waals surface area contributed by atoms with Crippen LogP contribution in [-0.4, -0.2) is 31.7 Å². The molecule has 5 N–H and O–H groups in total. The molecule has 0 aliphatic rings. The molecule has 3 aromatic rings. The van der Waals surface area contributed by atoms with Gasteiger partial charge in [-0.05, 0) is 35.7 Å². The Bertz CT molecular complexity index is 1040. The lowest BCUT2D eigenvalue weighted by Gasteiger charge is -2.23. The van der Waals surface area contributed by atoms with E-state index in [2.05, 4.69) is 17.2 Å². The number of nitrogens with zero attached hydrogens (tertiary/aromatic N) is 1. The highest BCUT2D eigenvalue weighted by molar-refractivity contribution is 6.08. The van der Waals surface area contributed by atoms with Gasteiger partial charge in [0, 0.05) is 23.8 Å². The Kier molecular flexibility index (Phi) is 6.19. The van der Waals surface area contributed by atoms with Crippen molar-refractivity contribution in [2.24, 2.45) is 11.5 Å². The van der Waals surface area contributed by atoms with Crippen LogP contribution in [0, 0.1) is 0 Å². The number of primary amides is 1. The molecule has 0 radical (unpaired) electrons. The molecule has 1 aromatic heterocycles. The van der Waals surface area contributed by atoms with Crippen LogP contribution in [0.15, 0.2) is 42.6 Å². The second kappa shape index (κ2) is 8.79. The molecule has 0 bridgehead atoms. The van der Waals surface area contributed by atoms with E-state index in [0.717, 1.165) is 28.6 Å². The van der Waals surface area contributed by atoms with Crippen molar-refractivity contribution in [3.05, 3.63) is 59.3 Å². The smallest absolute Gasteiger partial charge is 0.250 e. The summed E-state index contributed by atoms with van der Waals surface area (Å²) in [6.45, 7) is 2.41. The Morgan fingerprint density at radius 3 is 2.55 bits per heavy atom. The van der Waals surface area contributed by atoms with Crippen LogP contribution in [0.5, 0.6) is 11.5 Å². The number of aromatic nitrogens is 1. The summed E-state index contributed by atoms with van der Waals surface area (Å²) < 4.78 is 10.7. The number of aryl methyl sites for hydroxylation is 1. The van der Waals surface area contributed by atoms with Gasteiger partial charge in [-0.3, -0.25) is 9.78 Å². The summed E-state index contributed by atoms with van der Waals surface area (Å²) in [4.78, 5) is 16.3. The van der Waals surface area contributed by atoms with E-state index in [4.69, 9.17) is 20.9 Å². The number of benzene rings is 2. The fourth-order valence-corrected chi connectivity index (χ4v) is 3.42. The molecule has 7 heteroatoms. The van der Waals surface area contributed by atoms with Crippen LogP contribution < -0.4 is 26.3 Å². The Hall–Kier alpha value is -3.32. The largest absolute Gasteiger partial charge is 0.493 e. The minimum atomic E-state index is -0.506. The number of nitrogens with one attached hydrogen (secondary N) is 1. The number of para-hydroxylation sites is 1. The number of carbonyl (C=O) groups is 1. The van der Waals surface area contributed by atoms with Crippen LogP contribution >= 0.6 is 0 Å². The van der Waals surface area contributed by atoms with Crippen molar-refractivity contribution in [1.29, 1.82) is 0 Å². The lowest BCUT2D eigenvalue weighted by atomic mass is 10.0. The number of rotatable bonds is 8. The molecule has 0 saturated heterocycles. The second-order valence-corrected chi connectivity index (χ2v) is 6.63. The molecular formula is C22H26N4O3. The molecule has 1 heterocycles. The summed E-state index contributed by atoms with van der Waals surface area (Å²) in [5.74, 6) is 0.784. The first-order chi connectivity index (χ1) is 14.0. The maximum Gasteiger partial charge on any atom is 0.250 e. The average molecular weight is 394 g/mol. The lowest BCUT2D eigenvalue weighted by molar-refractivity contribution is 0.100. The number of fused-ring (bicyclic) bond motifs is 1. The summed E-state index contributed by atoms with van der Waals surface area (Å²) >= 11 is 0.